The van der Waals surface area contributed by atoms with Crippen LogP contribution in [0.25, 0.3) is 21.1 Å². The molecule has 9 heteroatoms. The molecule has 0 saturated carbocycles. The summed E-state index contributed by atoms with van der Waals surface area (Å²) >= 11 is 6.49. The number of nitrogen functional groups attached to an aromatic ring is 1. The summed E-state index contributed by atoms with van der Waals surface area (Å²) in [6, 6.07) is 5.55. The summed E-state index contributed by atoms with van der Waals surface area (Å²) in [5.74, 6) is 1.64. The van der Waals surface area contributed by atoms with Gasteiger partial charge in [-0.3, -0.25) is 9.36 Å². The average Bonchev–Trinajstić information content (AvgIpc) is 2.95. The molecule has 0 atom stereocenters. The maximum Gasteiger partial charge on any atom is 0.262 e. The molecule has 0 amide bonds. The molecule has 0 spiro atoms. The fourth-order valence-corrected chi connectivity index (χ4v) is 5.42. The van der Waals surface area contributed by atoms with Crippen LogP contribution in [0.15, 0.2) is 32.6 Å². The highest BCUT2D eigenvalue weighted by molar-refractivity contribution is 9.10. The molecule has 1 aromatic carbocycles. The number of benzene rings is 1. The van der Waals surface area contributed by atoms with Crippen LogP contribution in [0.5, 0.6) is 0 Å². The minimum atomic E-state index is -0.0447. The molecule has 3 heterocycles. The zero-order valence-corrected chi connectivity index (χ0v) is 18.8. The van der Waals surface area contributed by atoms with Crippen molar-refractivity contribution in [1.29, 1.82) is 0 Å². The molecule has 0 aliphatic carbocycles. The first kappa shape index (κ1) is 19.4. The summed E-state index contributed by atoms with van der Waals surface area (Å²) in [6.07, 6.45) is 0. The standard InChI is InChI=1S/C19H18BrN5OS2/c1-4-25-18(26)12-7-11(20)5-6-13(12)22-19(25)27-8-14-23-16(21)15-9(2)10(3)28-17(15)24-14/h5-7H,4,8H2,1-3H3,(H2,21,23,24). The van der Waals surface area contributed by atoms with Crippen LogP contribution in [-0.4, -0.2) is 19.5 Å². The van der Waals surface area contributed by atoms with Crippen LogP contribution in [-0.2, 0) is 12.3 Å². The van der Waals surface area contributed by atoms with E-state index in [9.17, 15) is 4.79 Å². The number of rotatable bonds is 4. The van der Waals surface area contributed by atoms with Crippen LogP contribution >= 0.6 is 39.0 Å². The highest BCUT2D eigenvalue weighted by atomic mass is 79.9. The van der Waals surface area contributed by atoms with Crippen molar-refractivity contribution in [2.24, 2.45) is 0 Å². The normalized spacial score (nSPS) is 11.6. The van der Waals surface area contributed by atoms with E-state index >= 15 is 0 Å². The Hall–Kier alpha value is -1.97. The molecule has 0 fully saturated rings. The second kappa shape index (κ2) is 7.46. The molecule has 0 aliphatic rings. The zero-order chi connectivity index (χ0) is 20.0. The molecule has 144 valence electrons. The Kier molecular flexibility index (Phi) is 5.15. The number of hydrogen-bond donors (Lipinski definition) is 1. The number of halogens is 1. The second-order valence-corrected chi connectivity index (χ2v) is 9.44. The molecule has 3 aromatic heterocycles. The van der Waals surface area contributed by atoms with Gasteiger partial charge in [0.25, 0.3) is 5.56 Å². The van der Waals surface area contributed by atoms with Crippen molar-refractivity contribution in [3.63, 3.8) is 0 Å². The van der Waals surface area contributed by atoms with E-state index in [0.29, 0.717) is 40.0 Å². The van der Waals surface area contributed by atoms with Gasteiger partial charge in [0.2, 0.25) is 0 Å². The van der Waals surface area contributed by atoms with Crippen molar-refractivity contribution in [3.8, 4) is 0 Å². The van der Waals surface area contributed by atoms with Crippen molar-refractivity contribution in [1.82, 2.24) is 19.5 Å². The third-order valence-corrected chi connectivity index (χ3v) is 7.20. The summed E-state index contributed by atoms with van der Waals surface area (Å²) < 4.78 is 2.54. The van der Waals surface area contributed by atoms with E-state index < -0.39 is 0 Å². The molecular weight excluding hydrogens is 458 g/mol. The number of anilines is 1. The maximum absolute atomic E-state index is 12.9. The largest absolute Gasteiger partial charge is 0.383 e. The number of nitrogens with zero attached hydrogens (tertiary/aromatic N) is 4. The molecule has 6 nitrogen and oxygen atoms in total. The molecule has 4 rings (SSSR count). The van der Waals surface area contributed by atoms with Gasteiger partial charge < -0.3 is 5.73 Å². The summed E-state index contributed by atoms with van der Waals surface area (Å²) in [6.45, 7) is 6.59. The third kappa shape index (κ3) is 3.31. The Bertz CT molecular complexity index is 1280. The lowest BCUT2D eigenvalue weighted by atomic mass is 10.2. The van der Waals surface area contributed by atoms with E-state index in [0.717, 1.165) is 20.3 Å². The molecule has 0 radical (unpaired) electrons. The van der Waals surface area contributed by atoms with Gasteiger partial charge >= 0.3 is 0 Å². The Morgan fingerprint density at radius 3 is 2.79 bits per heavy atom. The van der Waals surface area contributed by atoms with Crippen molar-refractivity contribution in [3.05, 3.63) is 49.3 Å². The van der Waals surface area contributed by atoms with Crippen molar-refractivity contribution >= 4 is 66.0 Å². The number of thiophene rings is 1. The summed E-state index contributed by atoms with van der Waals surface area (Å²) in [7, 11) is 0. The van der Waals surface area contributed by atoms with Crippen LogP contribution in [0.3, 0.4) is 0 Å². The first-order valence-electron chi connectivity index (χ1n) is 8.74. The fourth-order valence-electron chi connectivity index (χ4n) is 3.08. The Labute approximate surface area is 178 Å². The first-order chi connectivity index (χ1) is 13.4. The van der Waals surface area contributed by atoms with Crippen LogP contribution in [0.1, 0.15) is 23.2 Å². The lowest BCUT2D eigenvalue weighted by Crippen LogP contribution is -2.22. The molecule has 0 unspecified atom stereocenters. The van der Waals surface area contributed by atoms with Gasteiger partial charge in [-0.15, -0.1) is 11.3 Å². The summed E-state index contributed by atoms with van der Waals surface area (Å²) in [5.41, 5.74) is 7.95. The topological polar surface area (TPSA) is 86.7 Å². The number of thioether (sulfide) groups is 1. The predicted octanol–water partition coefficient (Wildman–Crippen LogP) is 4.67. The van der Waals surface area contributed by atoms with Crippen molar-refractivity contribution in [2.75, 3.05) is 5.73 Å². The number of hydrogen-bond acceptors (Lipinski definition) is 7. The van der Waals surface area contributed by atoms with Gasteiger partial charge in [-0.2, -0.15) is 0 Å². The van der Waals surface area contributed by atoms with Gasteiger partial charge in [-0.1, -0.05) is 27.7 Å². The van der Waals surface area contributed by atoms with E-state index in [1.165, 1.54) is 16.6 Å². The second-order valence-electron chi connectivity index (χ2n) is 6.38. The SMILES string of the molecule is CCn1c(SCc2nc(N)c3c(C)c(C)sc3n2)nc2ccc(Br)cc2c1=O. The van der Waals surface area contributed by atoms with E-state index in [4.69, 9.17) is 5.73 Å². The maximum atomic E-state index is 12.9. The van der Waals surface area contributed by atoms with Crippen LogP contribution in [0.4, 0.5) is 5.82 Å². The van der Waals surface area contributed by atoms with Gasteiger partial charge in [0.15, 0.2) is 5.16 Å². The van der Waals surface area contributed by atoms with E-state index in [1.54, 1.807) is 15.9 Å². The molecule has 0 aliphatic heterocycles. The van der Waals surface area contributed by atoms with E-state index in [-0.39, 0.29) is 5.56 Å². The predicted molar refractivity (Wildman–Crippen MR) is 120 cm³/mol. The zero-order valence-electron chi connectivity index (χ0n) is 15.6. The molecule has 0 saturated heterocycles. The molecule has 2 N–H and O–H groups in total. The van der Waals surface area contributed by atoms with Gasteiger partial charge in [0.1, 0.15) is 16.5 Å². The minimum Gasteiger partial charge on any atom is -0.383 e. The minimum absolute atomic E-state index is 0.0447. The van der Waals surface area contributed by atoms with Crippen molar-refractivity contribution < 1.29 is 0 Å². The van der Waals surface area contributed by atoms with Crippen LogP contribution in [0, 0.1) is 13.8 Å². The van der Waals surface area contributed by atoms with Gasteiger partial charge in [-0.05, 0) is 44.5 Å². The van der Waals surface area contributed by atoms with Crippen LogP contribution < -0.4 is 11.3 Å². The molecular formula is C19H18BrN5OS2. The lowest BCUT2D eigenvalue weighted by molar-refractivity contribution is 0.634. The van der Waals surface area contributed by atoms with E-state index in [2.05, 4.69) is 37.8 Å². The third-order valence-electron chi connectivity index (χ3n) is 4.63. The molecule has 28 heavy (non-hydrogen) atoms. The highest BCUT2D eigenvalue weighted by Gasteiger charge is 2.15. The number of aromatic nitrogens is 4. The van der Waals surface area contributed by atoms with Gasteiger partial charge in [0, 0.05) is 15.9 Å². The van der Waals surface area contributed by atoms with Crippen molar-refractivity contribution in [2.45, 2.75) is 38.2 Å². The van der Waals surface area contributed by atoms with Gasteiger partial charge in [-0.25, -0.2) is 15.0 Å². The smallest absolute Gasteiger partial charge is 0.262 e. The Balaban J connectivity index is 1.72. The highest BCUT2D eigenvalue weighted by Crippen LogP contribution is 2.32. The Morgan fingerprint density at radius 1 is 1.25 bits per heavy atom. The number of nitrogens with two attached hydrogens (primary N) is 1. The fraction of sp³-hybridized carbons (Fsp3) is 0.263. The lowest BCUT2D eigenvalue weighted by Gasteiger charge is -2.11. The molecule has 4 aromatic rings. The van der Waals surface area contributed by atoms with Crippen LogP contribution in [0.2, 0.25) is 0 Å². The van der Waals surface area contributed by atoms with E-state index in [1.807, 2.05) is 32.0 Å². The number of fused-ring (bicyclic) bond motifs is 2. The summed E-state index contributed by atoms with van der Waals surface area (Å²) in [5, 5.41) is 2.20. The Morgan fingerprint density at radius 2 is 2.04 bits per heavy atom. The first-order valence-corrected chi connectivity index (χ1v) is 11.3. The quantitative estimate of drug-likeness (QED) is 0.340. The van der Waals surface area contributed by atoms with Gasteiger partial charge in [0.05, 0.1) is 22.0 Å². The summed E-state index contributed by atoms with van der Waals surface area (Å²) in [4.78, 5) is 28.8. The average molecular weight is 476 g/mol. The molecule has 0 bridgehead atoms. The monoisotopic (exact) mass is 475 g/mol. The number of aryl methyl sites for hydroxylation is 2.